The largest absolute Gasteiger partial charge is 0.490 e. The van der Waals surface area contributed by atoms with Gasteiger partial charge in [-0.05, 0) is 125 Å². The topological polar surface area (TPSA) is 106 Å². The molecule has 1 amide bonds. The number of hydrogen-bond donors (Lipinski definition) is 2. The van der Waals surface area contributed by atoms with Crippen LogP contribution in [-0.2, 0) is 20.9 Å². The van der Waals surface area contributed by atoms with Gasteiger partial charge < -0.3 is 25.0 Å². The van der Waals surface area contributed by atoms with E-state index >= 15 is 8.78 Å². The summed E-state index contributed by atoms with van der Waals surface area (Å²) in [5.41, 5.74) is -0.741. The molecule has 5 saturated carbocycles. The first-order valence-corrected chi connectivity index (χ1v) is 19.2. The average molecular weight is 746 g/mol. The molecule has 288 valence electrons. The van der Waals surface area contributed by atoms with Gasteiger partial charge in [0.1, 0.15) is 17.0 Å². The van der Waals surface area contributed by atoms with Crippen LogP contribution in [0.25, 0.3) is 0 Å². The predicted molar refractivity (Wildman–Crippen MR) is 185 cm³/mol. The van der Waals surface area contributed by atoms with Crippen molar-refractivity contribution in [1.82, 2.24) is 20.6 Å². The molecule has 2 aliphatic heterocycles. The number of halogens is 5. The van der Waals surface area contributed by atoms with E-state index in [-0.39, 0.29) is 46.7 Å². The number of rotatable bonds is 9. The lowest BCUT2D eigenvalue weighted by Gasteiger charge is -2.60. The molecule has 3 heterocycles. The van der Waals surface area contributed by atoms with Gasteiger partial charge >= 0.3 is 6.18 Å². The van der Waals surface area contributed by atoms with Gasteiger partial charge in [-0.25, -0.2) is 9.97 Å². The second kappa shape index (κ2) is 13.4. The maximum atomic E-state index is 15.5. The van der Waals surface area contributed by atoms with Gasteiger partial charge in [-0.3, -0.25) is 9.59 Å². The number of carbonyl (C=O) groups excluding carboxylic acids is 2. The highest BCUT2D eigenvalue weighted by molar-refractivity contribution is 6.00. The Bertz CT molecular complexity index is 1710. The lowest BCUT2D eigenvalue weighted by molar-refractivity contribution is -0.141. The third-order valence-corrected chi connectivity index (χ3v) is 13.3. The van der Waals surface area contributed by atoms with Crippen LogP contribution in [0.15, 0.2) is 24.4 Å². The van der Waals surface area contributed by atoms with Crippen molar-refractivity contribution < 1.29 is 41.0 Å². The van der Waals surface area contributed by atoms with Gasteiger partial charge in [-0.2, -0.15) is 22.0 Å². The van der Waals surface area contributed by atoms with Gasteiger partial charge in [0.25, 0.3) is 11.8 Å². The molecule has 2 N–H and O–H groups in total. The molecule has 0 atom stereocenters. The molecule has 1 aromatic carbocycles. The Kier molecular flexibility index (Phi) is 9.26. The molecule has 0 radical (unpaired) electrons. The lowest BCUT2D eigenvalue weighted by atomic mass is 9.47. The minimum atomic E-state index is -4.25. The number of Topliss-reactive ketones (excluding diaryl/α,β-unsaturated/α-hetero) is 1. The van der Waals surface area contributed by atoms with Crippen molar-refractivity contribution in [2.24, 2.45) is 23.7 Å². The summed E-state index contributed by atoms with van der Waals surface area (Å²) in [6.45, 7) is 2.69. The van der Waals surface area contributed by atoms with Crippen molar-refractivity contribution in [2.75, 3.05) is 31.2 Å². The highest BCUT2D eigenvalue weighted by Gasteiger charge is 2.60. The smallest absolute Gasteiger partial charge is 0.401 e. The summed E-state index contributed by atoms with van der Waals surface area (Å²) in [5.74, 6) is -2.58. The summed E-state index contributed by atoms with van der Waals surface area (Å²) in [4.78, 5) is 38.1. The van der Waals surface area contributed by atoms with Crippen LogP contribution >= 0.6 is 0 Å². The van der Waals surface area contributed by atoms with Crippen molar-refractivity contribution in [3.8, 4) is 5.75 Å². The van der Waals surface area contributed by atoms with Gasteiger partial charge in [-0.15, -0.1) is 0 Å². The van der Waals surface area contributed by atoms with Crippen LogP contribution in [0.1, 0.15) is 106 Å². The first-order valence-electron chi connectivity index (χ1n) is 19.2. The quantitative estimate of drug-likeness (QED) is 0.261. The fourth-order valence-corrected chi connectivity index (χ4v) is 11.0. The Morgan fingerprint density at radius 3 is 2.25 bits per heavy atom. The first kappa shape index (κ1) is 36.6. The molecule has 0 unspecified atom stereocenters. The van der Waals surface area contributed by atoms with E-state index < -0.39 is 35.8 Å². The molecule has 5 aliphatic carbocycles. The normalized spacial score (nSPS) is 31.8. The van der Waals surface area contributed by atoms with E-state index in [1.807, 2.05) is 23.1 Å². The number of alkyl halides is 5. The Labute approximate surface area is 306 Å². The van der Waals surface area contributed by atoms with Crippen LogP contribution in [0.5, 0.6) is 5.75 Å². The third kappa shape index (κ3) is 6.80. The zero-order valence-electron chi connectivity index (χ0n) is 30.2. The number of hydrogen-bond acceptors (Lipinski definition) is 8. The number of anilines is 2. The van der Waals surface area contributed by atoms with Crippen LogP contribution in [0, 0.1) is 23.7 Å². The van der Waals surface area contributed by atoms with Gasteiger partial charge in [0.15, 0.2) is 5.78 Å². The molecule has 7 aliphatic rings. The van der Waals surface area contributed by atoms with E-state index in [0.29, 0.717) is 75.9 Å². The zero-order chi connectivity index (χ0) is 37.3. The summed E-state index contributed by atoms with van der Waals surface area (Å²) in [6.07, 6.45) is 5.15. The molecule has 2 aromatic rings. The lowest BCUT2D eigenvalue weighted by Crippen LogP contribution is -2.69. The highest BCUT2D eigenvalue weighted by atomic mass is 19.4. The number of fused-ring (bicyclic) bond motifs is 2. The van der Waals surface area contributed by atoms with Gasteiger partial charge in [0, 0.05) is 50.0 Å². The molecule has 6 fully saturated rings. The van der Waals surface area contributed by atoms with E-state index in [1.54, 1.807) is 0 Å². The average Bonchev–Trinajstić information content (AvgIpc) is 3.40. The molecule has 1 aromatic heterocycles. The highest BCUT2D eigenvalue weighted by Crippen LogP contribution is 2.59. The van der Waals surface area contributed by atoms with E-state index in [1.165, 1.54) is 13.1 Å². The number of amides is 1. The molecule has 1 spiro atoms. The fraction of sp³-hybridized carbons (Fsp3) is 0.692. The number of carbonyl (C=O) groups is 2. The second-order valence-corrected chi connectivity index (χ2v) is 16.7. The summed E-state index contributed by atoms with van der Waals surface area (Å²) >= 11 is 0. The molecule has 4 bridgehead atoms. The summed E-state index contributed by atoms with van der Waals surface area (Å²) < 4.78 is 81.1. The standard InChI is InChI=1S/C39H48F5N5O4/c1-22(50)39(25-14-23-13-24(16-25)17-26(39)15-23)48-34(51)30-19-45-35(47-33(30)36(2,40)41)49-21-37(9-11-52-12-10-37)31-18-29(7-8-32(31)49)53-28-5-3-27(4-6-28)46-20-38(42,43)44/h7-8,18-19,23-28,46H,3-6,9-17,20-21H2,1-2H3,(H,48,51)/t23?,24?,25?,26?,27-,28-,39?. The summed E-state index contributed by atoms with van der Waals surface area (Å²) in [6, 6.07) is 5.47. The van der Waals surface area contributed by atoms with Crippen LogP contribution in [0.4, 0.5) is 33.6 Å². The van der Waals surface area contributed by atoms with Crippen LogP contribution in [0.2, 0.25) is 0 Å². The van der Waals surface area contributed by atoms with E-state index in [0.717, 1.165) is 50.3 Å². The van der Waals surface area contributed by atoms with Gasteiger partial charge in [-0.1, -0.05) is 0 Å². The zero-order valence-corrected chi connectivity index (χ0v) is 30.2. The number of aromatic nitrogens is 2. The molecular formula is C39H48F5N5O4. The predicted octanol–water partition coefficient (Wildman–Crippen LogP) is 7.14. The van der Waals surface area contributed by atoms with Gasteiger partial charge in [0.2, 0.25) is 5.95 Å². The fourth-order valence-electron chi connectivity index (χ4n) is 11.0. The van der Waals surface area contributed by atoms with E-state index in [4.69, 9.17) is 9.47 Å². The number of ether oxygens (including phenoxy) is 2. The maximum Gasteiger partial charge on any atom is 0.401 e. The molecule has 14 heteroatoms. The first-order chi connectivity index (χ1) is 25.1. The SMILES string of the molecule is CC(=O)C1(NC(=O)c2cnc(N3CC4(CCOCC4)c4cc(O[C@H]5CC[C@H](NCC(F)(F)F)CC5)ccc43)nc2C(C)(F)F)C2CC3CC(C2)CC1C3. The molecule has 9 rings (SSSR count). The minimum absolute atomic E-state index is 0.00748. The monoisotopic (exact) mass is 745 g/mol. The van der Waals surface area contributed by atoms with Crippen LogP contribution in [-0.4, -0.2) is 71.8 Å². The van der Waals surface area contributed by atoms with Gasteiger partial charge in [0.05, 0.1) is 18.2 Å². The number of nitrogens with one attached hydrogen (secondary N) is 2. The Balaban J connectivity index is 1.05. The van der Waals surface area contributed by atoms with Crippen molar-refractivity contribution in [3.63, 3.8) is 0 Å². The van der Waals surface area contributed by atoms with E-state index in [2.05, 4.69) is 20.6 Å². The number of ketones is 1. The van der Waals surface area contributed by atoms with Crippen LogP contribution in [0.3, 0.4) is 0 Å². The molecular weight excluding hydrogens is 697 g/mol. The van der Waals surface area contributed by atoms with Crippen LogP contribution < -0.4 is 20.3 Å². The molecule has 53 heavy (non-hydrogen) atoms. The summed E-state index contributed by atoms with van der Waals surface area (Å²) in [5, 5.41) is 5.62. The van der Waals surface area contributed by atoms with Crippen molar-refractivity contribution in [3.05, 3.63) is 41.2 Å². The van der Waals surface area contributed by atoms with Crippen molar-refractivity contribution in [2.45, 2.75) is 120 Å². The Morgan fingerprint density at radius 1 is 0.981 bits per heavy atom. The summed E-state index contributed by atoms with van der Waals surface area (Å²) in [7, 11) is 0. The van der Waals surface area contributed by atoms with E-state index in [9.17, 15) is 22.8 Å². The maximum absolute atomic E-state index is 15.5. The third-order valence-electron chi connectivity index (χ3n) is 13.3. The minimum Gasteiger partial charge on any atom is -0.490 e. The Morgan fingerprint density at radius 2 is 1.64 bits per heavy atom. The molecule has 9 nitrogen and oxygen atoms in total. The molecule has 1 saturated heterocycles. The number of benzene rings is 1. The second-order valence-electron chi connectivity index (χ2n) is 16.7. The Hall–Kier alpha value is -3.39. The van der Waals surface area contributed by atoms with Crippen molar-refractivity contribution >= 4 is 23.3 Å². The number of nitrogens with zero attached hydrogens (tertiary/aromatic N) is 3. The van der Waals surface area contributed by atoms with Crippen molar-refractivity contribution in [1.29, 1.82) is 0 Å².